The molecule has 1 aliphatic rings. The van der Waals surface area contributed by atoms with Gasteiger partial charge in [0.05, 0.1) is 12.6 Å². The van der Waals surface area contributed by atoms with E-state index >= 15 is 0 Å². The number of nitrogens with one attached hydrogen (secondary N) is 1. The number of halogens is 3. The first-order chi connectivity index (χ1) is 7.90. The Hall–Kier alpha value is -0.780. The van der Waals surface area contributed by atoms with Gasteiger partial charge < -0.3 is 4.90 Å². The lowest BCUT2D eigenvalue weighted by molar-refractivity contribution is -0.137. The molecule has 1 amide bonds. The van der Waals surface area contributed by atoms with Gasteiger partial charge in [0.25, 0.3) is 0 Å². The van der Waals surface area contributed by atoms with Crippen LogP contribution >= 0.6 is 0 Å². The minimum absolute atomic E-state index is 0.226. The van der Waals surface area contributed by atoms with Crippen LogP contribution in [0.3, 0.4) is 0 Å². The molecule has 0 aromatic heterocycles. The predicted octanol–water partition coefficient (Wildman–Crippen LogP) is 1.93. The zero-order valence-electron chi connectivity index (χ0n) is 10.0. The number of amides is 1. The molecule has 1 atom stereocenters. The predicted molar refractivity (Wildman–Crippen MR) is 58.6 cm³/mol. The number of likely N-dealkylation sites (tertiary alicyclic amines) is 1. The first-order valence-corrected chi connectivity index (χ1v) is 5.99. The molecule has 1 heterocycles. The summed E-state index contributed by atoms with van der Waals surface area (Å²) in [4.78, 5) is 13.5. The summed E-state index contributed by atoms with van der Waals surface area (Å²) >= 11 is 0. The Labute approximate surface area is 99.4 Å². The maximum atomic E-state index is 12.0. The van der Waals surface area contributed by atoms with E-state index in [-0.39, 0.29) is 5.91 Å². The Kier molecular flexibility index (Phi) is 5.24. The SMILES string of the molecule is CC(NCC(F)(F)F)C(=O)N1CCCCCC1. The second kappa shape index (κ2) is 6.23. The smallest absolute Gasteiger partial charge is 0.341 e. The van der Waals surface area contributed by atoms with Gasteiger partial charge in [0.2, 0.25) is 5.91 Å². The second-order valence-corrected chi connectivity index (χ2v) is 4.46. The first kappa shape index (κ1) is 14.3. The average molecular weight is 252 g/mol. The average Bonchev–Trinajstić information content (AvgIpc) is 2.52. The highest BCUT2D eigenvalue weighted by Crippen LogP contribution is 2.14. The molecule has 1 N–H and O–H groups in total. The molecular weight excluding hydrogens is 233 g/mol. The summed E-state index contributed by atoms with van der Waals surface area (Å²) in [5.74, 6) is -0.226. The van der Waals surface area contributed by atoms with Crippen LogP contribution in [-0.2, 0) is 4.79 Å². The fourth-order valence-electron chi connectivity index (χ4n) is 1.92. The third kappa shape index (κ3) is 5.39. The third-order valence-electron chi connectivity index (χ3n) is 2.90. The normalized spacial score (nSPS) is 19.9. The Morgan fingerprint density at radius 2 is 1.76 bits per heavy atom. The number of hydrogen-bond acceptors (Lipinski definition) is 2. The van der Waals surface area contributed by atoms with E-state index in [1.165, 1.54) is 6.92 Å². The van der Waals surface area contributed by atoms with Gasteiger partial charge in [-0.3, -0.25) is 10.1 Å². The highest BCUT2D eigenvalue weighted by atomic mass is 19.4. The number of nitrogens with zero attached hydrogens (tertiary/aromatic N) is 1. The van der Waals surface area contributed by atoms with E-state index in [0.717, 1.165) is 25.7 Å². The van der Waals surface area contributed by atoms with Gasteiger partial charge >= 0.3 is 6.18 Å². The van der Waals surface area contributed by atoms with Crippen LogP contribution < -0.4 is 5.32 Å². The third-order valence-corrected chi connectivity index (χ3v) is 2.90. The van der Waals surface area contributed by atoms with E-state index in [9.17, 15) is 18.0 Å². The minimum atomic E-state index is -4.27. The molecule has 3 nitrogen and oxygen atoms in total. The summed E-state index contributed by atoms with van der Waals surface area (Å²) in [5.41, 5.74) is 0. The van der Waals surface area contributed by atoms with Crippen LogP contribution in [-0.4, -0.2) is 42.7 Å². The summed E-state index contributed by atoms with van der Waals surface area (Å²) in [6.07, 6.45) is -0.203. The summed E-state index contributed by atoms with van der Waals surface area (Å²) in [6, 6.07) is -0.769. The van der Waals surface area contributed by atoms with Crippen molar-refractivity contribution in [2.45, 2.75) is 44.8 Å². The van der Waals surface area contributed by atoms with E-state index in [1.807, 2.05) is 0 Å². The number of hydrogen-bond donors (Lipinski definition) is 1. The van der Waals surface area contributed by atoms with Crippen molar-refractivity contribution >= 4 is 5.91 Å². The van der Waals surface area contributed by atoms with Gasteiger partial charge in [0.15, 0.2) is 0 Å². The van der Waals surface area contributed by atoms with E-state index < -0.39 is 18.8 Å². The zero-order valence-corrected chi connectivity index (χ0v) is 10.0. The van der Waals surface area contributed by atoms with E-state index in [2.05, 4.69) is 5.32 Å². The summed E-state index contributed by atoms with van der Waals surface area (Å²) < 4.78 is 36.0. The minimum Gasteiger partial charge on any atom is -0.341 e. The zero-order chi connectivity index (χ0) is 12.9. The monoisotopic (exact) mass is 252 g/mol. The summed E-state index contributed by atoms with van der Waals surface area (Å²) in [5, 5.41) is 2.22. The molecule has 0 saturated carbocycles. The van der Waals surface area contributed by atoms with Gasteiger partial charge in [-0.2, -0.15) is 13.2 Å². The van der Waals surface area contributed by atoms with Crippen LogP contribution in [0.5, 0.6) is 0 Å². The molecule has 1 unspecified atom stereocenters. The van der Waals surface area contributed by atoms with Gasteiger partial charge in [-0.15, -0.1) is 0 Å². The lowest BCUT2D eigenvalue weighted by Crippen LogP contribution is -2.47. The van der Waals surface area contributed by atoms with Crippen molar-refractivity contribution in [2.24, 2.45) is 0 Å². The van der Waals surface area contributed by atoms with Crippen molar-refractivity contribution in [3.8, 4) is 0 Å². The van der Waals surface area contributed by atoms with Crippen LogP contribution in [0.15, 0.2) is 0 Å². The molecule has 0 aromatic carbocycles. The Bertz CT molecular complexity index is 248. The van der Waals surface area contributed by atoms with Crippen molar-refractivity contribution in [1.82, 2.24) is 10.2 Å². The number of alkyl halides is 3. The van der Waals surface area contributed by atoms with Crippen molar-refractivity contribution < 1.29 is 18.0 Å². The molecule has 0 aromatic rings. The van der Waals surface area contributed by atoms with Gasteiger partial charge in [0.1, 0.15) is 0 Å². The topological polar surface area (TPSA) is 32.3 Å². The van der Waals surface area contributed by atoms with Crippen molar-refractivity contribution in [1.29, 1.82) is 0 Å². The molecule has 1 fully saturated rings. The maximum Gasteiger partial charge on any atom is 0.401 e. The summed E-state index contributed by atoms with van der Waals surface area (Å²) in [7, 11) is 0. The van der Waals surface area contributed by atoms with Gasteiger partial charge in [0, 0.05) is 13.1 Å². The Balaban J connectivity index is 2.39. The number of carbonyl (C=O) groups is 1. The molecule has 0 aliphatic carbocycles. The van der Waals surface area contributed by atoms with Gasteiger partial charge in [-0.05, 0) is 19.8 Å². The van der Waals surface area contributed by atoms with Crippen LogP contribution in [0, 0.1) is 0 Å². The Morgan fingerprint density at radius 3 is 2.24 bits per heavy atom. The molecule has 100 valence electrons. The Morgan fingerprint density at radius 1 is 1.24 bits per heavy atom. The molecule has 6 heteroatoms. The quantitative estimate of drug-likeness (QED) is 0.832. The van der Waals surface area contributed by atoms with Crippen LogP contribution in [0.4, 0.5) is 13.2 Å². The highest BCUT2D eigenvalue weighted by Gasteiger charge is 2.29. The maximum absolute atomic E-state index is 12.0. The van der Waals surface area contributed by atoms with Crippen molar-refractivity contribution in [3.05, 3.63) is 0 Å². The molecule has 0 bridgehead atoms. The molecule has 0 spiro atoms. The first-order valence-electron chi connectivity index (χ1n) is 5.99. The number of carbonyl (C=O) groups excluding carboxylic acids is 1. The fraction of sp³-hybridized carbons (Fsp3) is 0.909. The molecule has 17 heavy (non-hydrogen) atoms. The van der Waals surface area contributed by atoms with Crippen molar-refractivity contribution in [2.75, 3.05) is 19.6 Å². The highest BCUT2D eigenvalue weighted by molar-refractivity contribution is 5.81. The van der Waals surface area contributed by atoms with Crippen LogP contribution in [0.2, 0.25) is 0 Å². The van der Waals surface area contributed by atoms with Crippen LogP contribution in [0.1, 0.15) is 32.6 Å². The standard InChI is InChI=1S/C11H19F3N2O/c1-9(15-8-11(12,13)14)10(17)16-6-4-2-3-5-7-16/h9,15H,2-8H2,1H3. The lowest BCUT2D eigenvalue weighted by Gasteiger charge is -2.25. The molecule has 1 saturated heterocycles. The van der Waals surface area contributed by atoms with Crippen LogP contribution in [0.25, 0.3) is 0 Å². The fourth-order valence-corrected chi connectivity index (χ4v) is 1.92. The van der Waals surface area contributed by atoms with E-state index in [0.29, 0.717) is 13.1 Å². The molecular formula is C11H19F3N2O. The summed E-state index contributed by atoms with van der Waals surface area (Å²) in [6.45, 7) is 1.69. The molecule has 0 radical (unpaired) electrons. The largest absolute Gasteiger partial charge is 0.401 e. The lowest BCUT2D eigenvalue weighted by atomic mass is 10.2. The van der Waals surface area contributed by atoms with Crippen molar-refractivity contribution in [3.63, 3.8) is 0 Å². The van der Waals surface area contributed by atoms with E-state index in [4.69, 9.17) is 0 Å². The molecule has 1 aliphatic heterocycles. The number of rotatable bonds is 3. The van der Waals surface area contributed by atoms with E-state index in [1.54, 1.807) is 4.90 Å². The van der Waals surface area contributed by atoms with Gasteiger partial charge in [-0.25, -0.2) is 0 Å². The van der Waals surface area contributed by atoms with Gasteiger partial charge in [-0.1, -0.05) is 12.8 Å². The molecule has 1 rings (SSSR count). The second-order valence-electron chi connectivity index (χ2n) is 4.46.